The Balaban J connectivity index is 1.08. The van der Waals surface area contributed by atoms with Crippen LogP contribution in [0.15, 0.2) is 54.6 Å². The maximum Gasteiger partial charge on any atom is 0.319 e. The third-order valence-corrected chi connectivity index (χ3v) is 11.2. The van der Waals surface area contributed by atoms with Crippen molar-refractivity contribution < 1.29 is 14.6 Å². The summed E-state index contributed by atoms with van der Waals surface area (Å²) in [5, 5.41) is 20.1. The Morgan fingerprint density at radius 3 is 2.52 bits per heavy atom. The van der Waals surface area contributed by atoms with Crippen molar-refractivity contribution in [2.45, 2.75) is 62.2 Å². The van der Waals surface area contributed by atoms with Crippen LogP contribution in [-0.2, 0) is 0 Å². The molecule has 2 unspecified atom stereocenters. The Labute approximate surface area is 268 Å². The molecule has 4 aromatic rings. The van der Waals surface area contributed by atoms with Gasteiger partial charge in [-0.05, 0) is 97.8 Å². The molecule has 0 spiro atoms. The zero-order valence-electron chi connectivity index (χ0n) is 26.1. The van der Waals surface area contributed by atoms with E-state index in [4.69, 9.17) is 14.7 Å². The maximum absolute atomic E-state index is 13.3. The Bertz CT molecular complexity index is 1800. The number of phenolic OH excluding ortho intramolecular Hbond substituents is 1. The number of hydrogen-bond acceptors (Lipinski definition) is 8. The van der Waals surface area contributed by atoms with Crippen molar-refractivity contribution in [3.8, 4) is 22.9 Å². The molecular formula is C36H41N7O3. The SMILES string of the molecule is O=C(NC1CNC1)N1C2CCC1CN(c1nc(OCC34CCCN3CCC4)nc3cc(-c4cc(O)cc5ccccc45)ccc13)C2. The summed E-state index contributed by atoms with van der Waals surface area (Å²) in [6.07, 6.45) is 6.74. The van der Waals surface area contributed by atoms with E-state index in [-0.39, 0.29) is 35.4 Å². The molecule has 5 saturated heterocycles. The van der Waals surface area contributed by atoms with Gasteiger partial charge in [-0.25, -0.2) is 4.79 Å². The Morgan fingerprint density at radius 1 is 0.978 bits per heavy atom. The zero-order valence-corrected chi connectivity index (χ0v) is 26.1. The highest BCUT2D eigenvalue weighted by Crippen LogP contribution is 2.41. The molecular weight excluding hydrogens is 578 g/mol. The smallest absolute Gasteiger partial charge is 0.319 e. The largest absolute Gasteiger partial charge is 0.508 e. The summed E-state index contributed by atoms with van der Waals surface area (Å²) in [6.45, 7) is 6.04. The lowest BCUT2D eigenvalue weighted by molar-refractivity contribution is 0.108. The number of hydrogen-bond donors (Lipinski definition) is 3. The molecule has 10 heteroatoms. The van der Waals surface area contributed by atoms with Crippen LogP contribution in [0.1, 0.15) is 38.5 Å². The van der Waals surface area contributed by atoms with E-state index >= 15 is 0 Å². The standard InChI is InChI=1S/C36H41N7O3/c44-28-15-23-5-1-2-6-29(23)31(17-28)24-7-10-30-32(16-24)39-34(46-22-36-11-3-13-42(36)14-4-12-36)40-33(30)41-20-26-8-9-27(21-41)43(26)35(45)38-25-18-37-19-25/h1-2,5-7,10,15-17,25-27,37,44H,3-4,8-9,11-14,18-22H2,(H,38,45). The Morgan fingerprint density at radius 2 is 1.76 bits per heavy atom. The quantitative estimate of drug-likeness (QED) is 0.290. The average molecular weight is 620 g/mol. The van der Waals surface area contributed by atoms with Crippen molar-refractivity contribution in [2.24, 2.45) is 0 Å². The molecule has 9 rings (SSSR count). The minimum atomic E-state index is 0.0649. The average Bonchev–Trinajstić information content (AvgIpc) is 3.71. The van der Waals surface area contributed by atoms with Crippen LogP contribution in [0, 0.1) is 0 Å². The number of piperazine rings is 1. The van der Waals surface area contributed by atoms with Crippen LogP contribution < -0.4 is 20.3 Å². The van der Waals surface area contributed by atoms with Gasteiger partial charge in [0.1, 0.15) is 18.2 Å². The first-order chi connectivity index (χ1) is 22.5. The van der Waals surface area contributed by atoms with Crippen molar-refractivity contribution >= 4 is 33.5 Å². The minimum absolute atomic E-state index is 0.0649. The lowest BCUT2D eigenvalue weighted by Gasteiger charge is -2.43. The number of aromatic nitrogens is 2. The Kier molecular flexibility index (Phi) is 6.71. The summed E-state index contributed by atoms with van der Waals surface area (Å²) in [4.78, 5) is 30.4. The van der Waals surface area contributed by atoms with Crippen molar-refractivity contribution in [3.05, 3.63) is 54.6 Å². The van der Waals surface area contributed by atoms with Crippen LogP contribution in [0.2, 0.25) is 0 Å². The number of amides is 2. The predicted molar refractivity (Wildman–Crippen MR) is 178 cm³/mol. The monoisotopic (exact) mass is 619 g/mol. The van der Waals surface area contributed by atoms with E-state index in [9.17, 15) is 9.90 Å². The van der Waals surface area contributed by atoms with Gasteiger partial charge in [0.25, 0.3) is 0 Å². The zero-order chi connectivity index (χ0) is 30.8. The fraction of sp³-hybridized carbons (Fsp3) is 0.472. The highest BCUT2D eigenvalue weighted by Gasteiger charge is 2.46. The van der Waals surface area contributed by atoms with Gasteiger partial charge in [-0.1, -0.05) is 30.3 Å². The van der Waals surface area contributed by atoms with E-state index in [1.54, 1.807) is 6.07 Å². The van der Waals surface area contributed by atoms with Gasteiger partial charge in [0.05, 0.1) is 29.2 Å². The summed E-state index contributed by atoms with van der Waals surface area (Å²) in [5.74, 6) is 1.11. The molecule has 3 N–H and O–H groups in total. The van der Waals surface area contributed by atoms with Gasteiger partial charge in [0, 0.05) is 31.6 Å². The molecule has 0 saturated carbocycles. The summed E-state index contributed by atoms with van der Waals surface area (Å²) >= 11 is 0. The first-order valence-electron chi connectivity index (χ1n) is 17.0. The van der Waals surface area contributed by atoms with E-state index in [2.05, 4.69) is 49.6 Å². The Hall–Kier alpha value is -4.15. The van der Waals surface area contributed by atoms with Gasteiger partial charge < -0.3 is 30.3 Å². The second-order valence-corrected chi connectivity index (χ2v) is 14.0. The van der Waals surface area contributed by atoms with Gasteiger partial charge in [0.15, 0.2) is 0 Å². The highest BCUT2D eigenvalue weighted by atomic mass is 16.5. The molecule has 5 aliphatic rings. The minimum Gasteiger partial charge on any atom is -0.508 e. The fourth-order valence-electron chi connectivity index (χ4n) is 8.81. The number of urea groups is 1. The lowest BCUT2D eigenvalue weighted by Crippen LogP contribution is -2.64. The normalized spacial score (nSPS) is 24.0. The molecule has 3 aromatic carbocycles. The van der Waals surface area contributed by atoms with Crippen molar-refractivity contribution in [1.29, 1.82) is 0 Å². The van der Waals surface area contributed by atoms with Gasteiger partial charge in [-0.15, -0.1) is 0 Å². The molecule has 1 aromatic heterocycles. The molecule has 46 heavy (non-hydrogen) atoms. The lowest BCUT2D eigenvalue weighted by atomic mass is 9.95. The van der Waals surface area contributed by atoms with Crippen LogP contribution in [-0.4, -0.2) is 100 Å². The van der Waals surface area contributed by atoms with E-state index in [1.165, 1.54) is 12.8 Å². The summed E-state index contributed by atoms with van der Waals surface area (Å²) in [5.41, 5.74) is 2.86. The number of nitrogens with zero attached hydrogens (tertiary/aromatic N) is 5. The molecule has 0 radical (unpaired) electrons. The summed E-state index contributed by atoms with van der Waals surface area (Å²) < 4.78 is 6.55. The van der Waals surface area contributed by atoms with Crippen molar-refractivity contribution in [1.82, 2.24) is 30.4 Å². The molecule has 2 amide bonds. The van der Waals surface area contributed by atoms with Gasteiger partial charge in [-0.2, -0.15) is 9.97 Å². The van der Waals surface area contributed by atoms with Crippen LogP contribution in [0.3, 0.4) is 0 Å². The molecule has 238 valence electrons. The first-order valence-corrected chi connectivity index (χ1v) is 17.0. The molecule has 2 bridgehead atoms. The summed E-state index contributed by atoms with van der Waals surface area (Å²) in [7, 11) is 0. The van der Waals surface area contributed by atoms with Crippen LogP contribution in [0.5, 0.6) is 11.8 Å². The molecule has 6 heterocycles. The van der Waals surface area contributed by atoms with E-state index < -0.39 is 0 Å². The van der Waals surface area contributed by atoms with Crippen LogP contribution in [0.4, 0.5) is 10.6 Å². The fourth-order valence-corrected chi connectivity index (χ4v) is 8.81. The van der Waals surface area contributed by atoms with E-state index in [0.717, 1.165) is 104 Å². The van der Waals surface area contributed by atoms with Crippen LogP contribution >= 0.6 is 0 Å². The number of fused-ring (bicyclic) bond motifs is 5. The second kappa shape index (κ2) is 11.0. The molecule has 5 fully saturated rings. The highest BCUT2D eigenvalue weighted by molar-refractivity contribution is 6.01. The van der Waals surface area contributed by atoms with Gasteiger partial charge in [0.2, 0.25) is 0 Å². The number of benzene rings is 3. The third-order valence-electron chi connectivity index (χ3n) is 11.2. The van der Waals surface area contributed by atoms with E-state index in [1.807, 2.05) is 24.3 Å². The maximum atomic E-state index is 13.3. The first kappa shape index (κ1) is 28.1. The van der Waals surface area contributed by atoms with Crippen molar-refractivity contribution in [2.75, 3.05) is 50.8 Å². The van der Waals surface area contributed by atoms with Crippen LogP contribution in [0.25, 0.3) is 32.8 Å². The molecule has 5 aliphatic heterocycles. The molecule has 10 nitrogen and oxygen atoms in total. The molecule has 2 atom stereocenters. The predicted octanol–water partition coefficient (Wildman–Crippen LogP) is 4.50. The number of nitrogens with one attached hydrogen (secondary N) is 2. The third kappa shape index (κ3) is 4.72. The number of rotatable bonds is 6. The number of aromatic hydroxyl groups is 1. The van der Waals surface area contributed by atoms with Gasteiger partial charge in [-0.3, -0.25) is 4.90 Å². The number of ether oxygens (including phenoxy) is 1. The van der Waals surface area contributed by atoms with Crippen molar-refractivity contribution in [3.63, 3.8) is 0 Å². The number of anilines is 1. The van der Waals surface area contributed by atoms with E-state index in [0.29, 0.717) is 12.6 Å². The molecule has 0 aliphatic carbocycles. The van der Waals surface area contributed by atoms with Gasteiger partial charge >= 0.3 is 12.0 Å². The number of phenols is 1. The number of carbonyl (C=O) groups is 1. The topological polar surface area (TPSA) is 106 Å². The number of carbonyl (C=O) groups excluding carboxylic acids is 1. The second-order valence-electron chi connectivity index (χ2n) is 14.0. The summed E-state index contributed by atoms with van der Waals surface area (Å²) in [6, 6.07) is 19.1.